The zero-order chi connectivity index (χ0) is 20.3. The van der Waals surface area contributed by atoms with E-state index in [9.17, 15) is 4.79 Å². The Morgan fingerprint density at radius 2 is 1.82 bits per heavy atom. The Balaban J connectivity index is 1.76. The molecule has 6 nitrogen and oxygen atoms in total. The second kappa shape index (κ2) is 7.98. The number of aryl methyl sites for hydroxylation is 1. The molecule has 2 aromatic heterocycles. The number of benzene rings is 1. The number of aromatic nitrogens is 2. The molecule has 1 amide bonds. The molecule has 0 aliphatic rings. The monoisotopic (exact) mass is 396 g/mol. The van der Waals surface area contributed by atoms with Crippen LogP contribution in [0.5, 0.6) is 0 Å². The van der Waals surface area contributed by atoms with Crippen LogP contribution in [0.4, 0.5) is 21.4 Å². The predicted octanol–water partition coefficient (Wildman–Crippen LogP) is 5.63. The number of nitrogens with zero attached hydrogens (tertiary/aromatic N) is 3. The van der Waals surface area contributed by atoms with Gasteiger partial charge in [-0.1, -0.05) is 17.7 Å². The molecule has 2 heterocycles. The summed E-state index contributed by atoms with van der Waals surface area (Å²) >= 11 is 1.47. The summed E-state index contributed by atoms with van der Waals surface area (Å²) in [5, 5.41) is 4.00. The van der Waals surface area contributed by atoms with Crippen molar-refractivity contribution < 1.29 is 9.53 Å². The molecule has 3 rings (SSSR count). The van der Waals surface area contributed by atoms with E-state index < -0.39 is 5.60 Å². The summed E-state index contributed by atoms with van der Waals surface area (Å²) < 4.78 is 5.42. The maximum absolute atomic E-state index is 12.3. The minimum absolute atomic E-state index is 0.384. The lowest BCUT2D eigenvalue weighted by Crippen LogP contribution is -2.33. The van der Waals surface area contributed by atoms with E-state index in [2.05, 4.69) is 15.3 Å². The molecule has 0 bridgehead atoms. The van der Waals surface area contributed by atoms with Crippen molar-refractivity contribution in [2.45, 2.75) is 33.3 Å². The molecule has 1 N–H and O–H groups in total. The van der Waals surface area contributed by atoms with E-state index in [1.54, 1.807) is 13.2 Å². The first-order valence-corrected chi connectivity index (χ1v) is 9.76. The van der Waals surface area contributed by atoms with Gasteiger partial charge in [0.25, 0.3) is 0 Å². The number of ether oxygens (including phenoxy) is 1. The van der Waals surface area contributed by atoms with Gasteiger partial charge in [0, 0.05) is 18.9 Å². The zero-order valence-corrected chi connectivity index (χ0v) is 17.5. The highest BCUT2D eigenvalue weighted by Gasteiger charge is 2.21. The van der Waals surface area contributed by atoms with Crippen molar-refractivity contribution in [3.05, 3.63) is 54.2 Å². The van der Waals surface area contributed by atoms with Gasteiger partial charge in [0.15, 0.2) is 0 Å². The summed E-state index contributed by atoms with van der Waals surface area (Å²) in [6.45, 7) is 7.59. The predicted molar refractivity (Wildman–Crippen MR) is 114 cm³/mol. The van der Waals surface area contributed by atoms with Crippen LogP contribution in [-0.4, -0.2) is 28.7 Å². The van der Waals surface area contributed by atoms with Crippen molar-refractivity contribution in [2.24, 2.45) is 0 Å². The topological polar surface area (TPSA) is 67.4 Å². The van der Waals surface area contributed by atoms with Crippen molar-refractivity contribution in [2.75, 3.05) is 17.3 Å². The fourth-order valence-corrected chi connectivity index (χ4v) is 3.32. The Morgan fingerprint density at radius 3 is 2.50 bits per heavy atom. The maximum Gasteiger partial charge on any atom is 0.415 e. The molecule has 1 aromatic carbocycles. The molecular formula is C21H24N4O2S. The molecule has 0 radical (unpaired) electrons. The number of hydrogen-bond acceptors (Lipinski definition) is 6. The van der Waals surface area contributed by atoms with Crippen molar-refractivity contribution in [1.29, 1.82) is 0 Å². The lowest BCUT2D eigenvalue weighted by atomic mass is 10.2. The average molecular weight is 397 g/mol. The molecule has 0 saturated heterocycles. The van der Waals surface area contributed by atoms with E-state index in [1.807, 2.05) is 70.2 Å². The van der Waals surface area contributed by atoms with Gasteiger partial charge in [-0.3, -0.25) is 4.90 Å². The number of carbonyl (C=O) groups excluding carboxylic acids is 1. The van der Waals surface area contributed by atoms with E-state index in [4.69, 9.17) is 4.74 Å². The zero-order valence-electron chi connectivity index (χ0n) is 16.7. The molecule has 0 saturated carbocycles. The minimum Gasteiger partial charge on any atom is -0.443 e. The highest BCUT2D eigenvalue weighted by atomic mass is 32.1. The number of amides is 1. The molecule has 0 aliphatic heterocycles. The van der Waals surface area contributed by atoms with Gasteiger partial charge in [0.05, 0.1) is 10.6 Å². The van der Waals surface area contributed by atoms with E-state index in [0.717, 1.165) is 21.3 Å². The smallest absolute Gasteiger partial charge is 0.415 e. The Kier molecular flexibility index (Phi) is 5.65. The Labute approximate surface area is 169 Å². The molecule has 0 unspecified atom stereocenters. The normalized spacial score (nSPS) is 11.2. The summed E-state index contributed by atoms with van der Waals surface area (Å²) in [6.07, 6.45) is 1.33. The lowest BCUT2D eigenvalue weighted by Gasteiger charge is -2.23. The van der Waals surface area contributed by atoms with Gasteiger partial charge in [-0.25, -0.2) is 14.8 Å². The Bertz CT molecular complexity index is 961. The first-order valence-electron chi connectivity index (χ1n) is 8.95. The van der Waals surface area contributed by atoms with E-state index >= 15 is 0 Å². The van der Waals surface area contributed by atoms with Crippen LogP contribution < -0.4 is 10.2 Å². The molecule has 0 atom stereocenters. The van der Waals surface area contributed by atoms with Crippen molar-refractivity contribution >= 4 is 34.1 Å². The van der Waals surface area contributed by atoms with Crippen LogP contribution in [0.2, 0.25) is 0 Å². The minimum atomic E-state index is -0.533. The van der Waals surface area contributed by atoms with Crippen LogP contribution in [0.1, 0.15) is 26.3 Å². The fraction of sp³-hybridized carbons (Fsp3) is 0.286. The van der Waals surface area contributed by atoms with Gasteiger partial charge in [0.2, 0.25) is 5.95 Å². The molecule has 28 heavy (non-hydrogen) atoms. The second-order valence-electron chi connectivity index (χ2n) is 7.43. The van der Waals surface area contributed by atoms with Gasteiger partial charge >= 0.3 is 6.09 Å². The van der Waals surface area contributed by atoms with Crippen LogP contribution in [0.15, 0.2) is 48.7 Å². The van der Waals surface area contributed by atoms with Crippen molar-refractivity contribution in [1.82, 2.24) is 9.97 Å². The molecule has 3 aromatic rings. The quantitative estimate of drug-likeness (QED) is 0.619. The first-order chi connectivity index (χ1) is 13.2. The number of hydrogen-bond donors (Lipinski definition) is 1. The molecule has 146 valence electrons. The number of carbonyl (C=O) groups is 1. The third kappa shape index (κ3) is 5.07. The van der Waals surface area contributed by atoms with Crippen LogP contribution in [0.3, 0.4) is 0 Å². The Hall–Kier alpha value is -2.93. The lowest BCUT2D eigenvalue weighted by molar-refractivity contribution is 0.0590. The Morgan fingerprint density at radius 1 is 1.11 bits per heavy atom. The highest BCUT2D eigenvalue weighted by molar-refractivity contribution is 7.19. The maximum atomic E-state index is 12.3. The van der Waals surface area contributed by atoms with Gasteiger partial charge < -0.3 is 10.1 Å². The number of nitrogens with one attached hydrogen (secondary N) is 1. The molecule has 0 fully saturated rings. The van der Waals surface area contributed by atoms with E-state index in [0.29, 0.717) is 5.95 Å². The summed E-state index contributed by atoms with van der Waals surface area (Å²) in [4.78, 5) is 23.6. The van der Waals surface area contributed by atoms with Gasteiger partial charge in [-0.15, -0.1) is 11.3 Å². The number of rotatable bonds is 4. The standard InChI is InChI=1S/C21H24N4O2S/c1-14-6-8-15(9-7-14)23-19-22-13-12-16(24-19)17-10-11-18(28-17)25(5)20(26)27-21(2,3)4/h6-13H,1-5H3,(H,22,23,24). The molecule has 0 aliphatic carbocycles. The fourth-order valence-electron chi connectivity index (χ4n) is 2.39. The van der Waals surface area contributed by atoms with E-state index in [-0.39, 0.29) is 6.09 Å². The van der Waals surface area contributed by atoms with Gasteiger partial charge in [-0.05, 0) is 58.0 Å². The van der Waals surface area contributed by atoms with Gasteiger partial charge in [0.1, 0.15) is 10.6 Å². The second-order valence-corrected chi connectivity index (χ2v) is 8.50. The van der Waals surface area contributed by atoms with E-state index in [1.165, 1.54) is 21.8 Å². The first kappa shape index (κ1) is 19.8. The highest BCUT2D eigenvalue weighted by Crippen LogP contribution is 2.33. The van der Waals surface area contributed by atoms with Crippen LogP contribution in [-0.2, 0) is 4.74 Å². The average Bonchev–Trinajstić information content (AvgIpc) is 3.12. The van der Waals surface area contributed by atoms with Crippen LogP contribution >= 0.6 is 11.3 Å². The summed E-state index contributed by atoms with van der Waals surface area (Å²) in [5.41, 5.74) is 2.38. The summed E-state index contributed by atoms with van der Waals surface area (Å²) in [7, 11) is 1.70. The molecular weight excluding hydrogens is 372 g/mol. The molecule has 7 heteroatoms. The summed E-state index contributed by atoms with van der Waals surface area (Å²) in [5.74, 6) is 0.525. The summed E-state index contributed by atoms with van der Waals surface area (Å²) in [6, 6.07) is 13.7. The largest absolute Gasteiger partial charge is 0.443 e. The number of anilines is 3. The van der Waals surface area contributed by atoms with Gasteiger partial charge in [-0.2, -0.15) is 0 Å². The van der Waals surface area contributed by atoms with Crippen LogP contribution in [0.25, 0.3) is 10.6 Å². The third-order valence-corrected chi connectivity index (χ3v) is 4.99. The van der Waals surface area contributed by atoms with Crippen LogP contribution in [0, 0.1) is 6.92 Å². The van der Waals surface area contributed by atoms with Crippen molar-refractivity contribution in [3.63, 3.8) is 0 Å². The molecule has 0 spiro atoms. The number of thiophene rings is 1. The van der Waals surface area contributed by atoms with Crippen molar-refractivity contribution in [3.8, 4) is 10.6 Å². The SMILES string of the molecule is Cc1ccc(Nc2nccc(-c3ccc(N(C)C(=O)OC(C)(C)C)s3)n2)cc1. The third-order valence-electron chi connectivity index (χ3n) is 3.81.